The average Bonchev–Trinajstić information content (AvgIpc) is 2.46. The van der Waals surface area contributed by atoms with Crippen molar-refractivity contribution >= 4 is 0 Å². The molecule has 3 heteroatoms. The predicted molar refractivity (Wildman–Crippen MR) is 75.6 cm³/mol. The van der Waals surface area contributed by atoms with E-state index in [1.165, 1.54) is 5.56 Å². The molecule has 0 aromatic heterocycles. The van der Waals surface area contributed by atoms with E-state index in [0.717, 1.165) is 32.6 Å². The minimum atomic E-state index is 0.203. The first-order valence-corrected chi connectivity index (χ1v) is 7.01. The van der Waals surface area contributed by atoms with Crippen molar-refractivity contribution in [2.45, 2.75) is 25.3 Å². The minimum Gasteiger partial charge on any atom is -0.381 e. The van der Waals surface area contributed by atoms with Crippen molar-refractivity contribution in [2.75, 3.05) is 26.8 Å². The Hall–Kier alpha value is -1.37. The third kappa shape index (κ3) is 4.05. The molecule has 0 N–H and O–H groups in total. The van der Waals surface area contributed by atoms with Crippen molar-refractivity contribution < 1.29 is 4.74 Å². The molecule has 1 aromatic carbocycles. The summed E-state index contributed by atoms with van der Waals surface area (Å²) in [4.78, 5) is 2.33. The van der Waals surface area contributed by atoms with E-state index in [2.05, 4.69) is 30.1 Å². The third-order valence-electron chi connectivity index (χ3n) is 3.89. The van der Waals surface area contributed by atoms with Crippen molar-refractivity contribution in [2.24, 2.45) is 5.92 Å². The van der Waals surface area contributed by atoms with E-state index in [9.17, 15) is 0 Å². The Morgan fingerprint density at radius 2 is 2.00 bits per heavy atom. The van der Waals surface area contributed by atoms with Crippen LogP contribution in [-0.2, 0) is 4.74 Å². The molecule has 1 heterocycles. The van der Waals surface area contributed by atoms with E-state index in [1.807, 2.05) is 18.2 Å². The van der Waals surface area contributed by atoms with Crippen LogP contribution in [-0.4, -0.2) is 31.7 Å². The zero-order valence-electron chi connectivity index (χ0n) is 11.6. The highest BCUT2D eigenvalue weighted by molar-refractivity contribution is 5.20. The van der Waals surface area contributed by atoms with Crippen LogP contribution in [0, 0.1) is 17.2 Å². The average molecular weight is 258 g/mol. The molecule has 1 atom stereocenters. The predicted octanol–water partition coefficient (Wildman–Crippen LogP) is 3.00. The molecular weight excluding hydrogens is 236 g/mol. The summed E-state index contributed by atoms with van der Waals surface area (Å²) in [6, 6.07) is 12.9. The molecule has 0 aliphatic carbocycles. The molecule has 1 aromatic rings. The van der Waals surface area contributed by atoms with Crippen molar-refractivity contribution in [1.29, 1.82) is 5.26 Å². The van der Waals surface area contributed by atoms with Crippen molar-refractivity contribution in [3.8, 4) is 6.07 Å². The Kier molecular flexibility index (Phi) is 5.38. The number of rotatable bonds is 5. The molecule has 0 amide bonds. The fraction of sp³-hybridized carbons (Fsp3) is 0.562. The van der Waals surface area contributed by atoms with Crippen molar-refractivity contribution in [3.63, 3.8) is 0 Å². The van der Waals surface area contributed by atoms with E-state index >= 15 is 0 Å². The van der Waals surface area contributed by atoms with Gasteiger partial charge in [0.15, 0.2) is 0 Å². The number of nitriles is 1. The Labute approximate surface area is 115 Å². The Morgan fingerprint density at radius 1 is 1.32 bits per heavy atom. The summed E-state index contributed by atoms with van der Waals surface area (Å²) in [5.74, 6) is 0.698. The largest absolute Gasteiger partial charge is 0.381 e. The van der Waals surface area contributed by atoms with Gasteiger partial charge in [0.05, 0.1) is 12.5 Å². The van der Waals surface area contributed by atoms with Crippen LogP contribution in [0.2, 0.25) is 0 Å². The first-order chi connectivity index (χ1) is 9.31. The summed E-state index contributed by atoms with van der Waals surface area (Å²) >= 11 is 0. The maximum Gasteiger partial charge on any atom is 0.0641 e. The van der Waals surface area contributed by atoms with Crippen LogP contribution in [0.4, 0.5) is 0 Å². The summed E-state index contributed by atoms with van der Waals surface area (Å²) < 4.78 is 5.40. The lowest BCUT2D eigenvalue weighted by Gasteiger charge is -2.32. The molecule has 0 radical (unpaired) electrons. The molecule has 0 saturated carbocycles. The van der Waals surface area contributed by atoms with Crippen LogP contribution in [0.3, 0.4) is 0 Å². The molecule has 1 unspecified atom stereocenters. The third-order valence-corrected chi connectivity index (χ3v) is 3.89. The van der Waals surface area contributed by atoms with E-state index in [0.29, 0.717) is 12.3 Å². The van der Waals surface area contributed by atoms with Gasteiger partial charge in [0, 0.05) is 25.8 Å². The zero-order valence-corrected chi connectivity index (χ0v) is 11.6. The summed E-state index contributed by atoms with van der Waals surface area (Å²) in [6.45, 7) is 2.81. The van der Waals surface area contributed by atoms with Gasteiger partial charge in [-0.3, -0.25) is 4.90 Å². The molecule has 3 nitrogen and oxygen atoms in total. The van der Waals surface area contributed by atoms with Gasteiger partial charge in [-0.1, -0.05) is 30.3 Å². The van der Waals surface area contributed by atoms with Crippen molar-refractivity contribution in [1.82, 2.24) is 4.90 Å². The topological polar surface area (TPSA) is 36.3 Å². The smallest absolute Gasteiger partial charge is 0.0641 e. The van der Waals surface area contributed by atoms with Gasteiger partial charge in [-0.2, -0.15) is 5.26 Å². The standard InChI is InChI=1S/C16H22N2O/c1-18(13-14-8-11-19-12-9-14)16(7-10-17)15-5-3-2-4-6-15/h2-6,14,16H,7-9,11-13H2,1H3. The summed E-state index contributed by atoms with van der Waals surface area (Å²) in [5, 5.41) is 9.06. The van der Waals surface area contributed by atoms with Crippen LogP contribution in [0.1, 0.15) is 30.9 Å². The number of benzene rings is 1. The minimum absolute atomic E-state index is 0.203. The van der Waals surface area contributed by atoms with Crippen LogP contribution in [0.25, 0.3) is 0 Å². The summed E-state index contributed by atoms with van der Waals surface area (Å²) in [7, 11) is 2.13. The normalized spacial score (nSPS) is 18.2. The number of hydrogen-bond acceptors (Lipinski definition) is 3. The molecular formula is C16H22N2O. The Bertz CT molecular complexity index is 407. The lowest BCUT2D eigenvalue weighted by Crippen LogP contribution is -2.32. The van der Waals surface area contributed by atoms with Crippen LogP contribution >= 0.6 is 0 Å². The van der Waals surface area contributed by atoms with E-state index < -0.39 is 0 Å². The fourth-order valence-electron chi connectivity index (χ4n) is 2.75. The summed E-state index contributed by atoms with van der Waals surface area (Å²) in [6.07, 6.45) is 2.82. The van der Waals surface area contributed by atoms with Gasteiger partial charge in [-0.15, -0.1) is 0 Å². The van der Waals surface area contributed by atoms with Gasteiger partial charge < -0.3 is 4.74 Å². The van der Waals surface area contributed by atoms with Crippen LogP contribution < -0.4 is 0 Å². The lowest BCUT2D eigenvalue weighted by atomic mass is 9.97. The molecule has 1 aliphatic heterocycles. The SMILES string of the molecule is CN(CC1CCOCC1)C(CC#N)c1ccccc1. The second-order valence-corrected chi connectivity index (χ2v) is 5.28. The fourth-order valence-corrected chi connectivity index (χ4v) is 2.75. The maximum absolute atomic E-state index is 9.06. The monoisotopic (exact) mass is 258 g/mol. The highest BCUT2D eigenvalue weighted by Crippen LogP contribution is 2.25. The molecule has 2 rings (SSSR count). The van der Waals surface area contributed by atoms with Crippen LogP contribution in [0.5, 0.6) is 0 Å². The molecule has 102 valence electrons. The Morgan fingerprint density at radius 3 is 2.63 bits per heavy atom. The number of ether oxygens (including phenoxy) is 1. The maximum atomic E-state index is 9.06. The first-order valence-electron chi connectivity index (χ1n) is 7.01. The van der Waals surface area contributed by atoms with Crippen molar-refractivity contribution in [3.05, 3.63) is 35.9 Å². The highest BCUT2D eigenvalue weighted by Gasteiger charge is 2.21. The molecule has 1 saturated heterocycles. The molecule has 1 aliphatic rings. The highest BCUT2D eigenvalue weighted by atomic mass is 16.5. The van der Waals surface area contributed by atoms with E-state index in [4.69, 9.17) is 10.00 Å². The van der Waals surface area contributed by atoms with Gasteiger partial charge in [-0.05, 0) is 31.4 Å². The van der Waals surface area contributed by atoms with Crippen LogP contribution in [0.15, 0.2) is 30.3 Å². The lowest BCUT2D eigenvalue weighted by molar-refractivity contribution is 0.0504. The molecule has 0 spiro atoms. The van der Waals surface area contributed by atoms with Gasteiger partial charge in [0.25, 0.3) is 0 Å². The zero-order chi connectivity index (χ0) is 13.5. The second-order valence-electron chi connectivity index (χ2n) is 5.28. The number of nitrogens with zero attached hydrogens (tertiary/aromatic N) is 2. The van der Waals surface area contributed by atoms with Gasteiger partial charge in [-0.25, -0.2) is 0 Å². The molecule has 0 bridgehead atoms. The van der Waals surface area contributed by atoms with Gasteiger partial charge in [0.1, 0.15) is 0 Å². The second kappa shape index (κ2) is 7.28. The van der Waals surface area contributed by atoms with Gasteiger partial charge >= 0.3 is 0 Å². The van der Waals surface area contributed by atoms with E-state index in [1.54, 1.807) is 0 Å². The number of hydrogen-bond donors (Lipinski definition) is 0. The Balaban J connectivity index is 2.00. The first kappa shape index (κ1) is 14.0. The summed E-state index contributed by atoms with van der Waals surface area (Å²) in [5.41, 5.74) is 1.23. The quantitative estimate of drug-likeness (QED) is 0.814. The van der Waals surface area contributed by atoms with E-state index in [-0.39, 0.29) is 6.04 Å². The van der Waals surface area contributed by atoms with Gasteiger partial charge in [0.2, 0.25) is 0 Å². The molecule has 1 fully saturated rings. The molecule has 19 heavy (non-hydrogen) atoms.